The maximum atomic E-state index is 13.7. The third kappa shape index (κ3) is 3.60. The highest BCUT2D eigenvalue weighted by molar-refractivity contribution is 6.03. The lowest BCUT2D eigenvalue weighted by Crippen LogP contribution is -2.28. The molecule has 1 N–H and O–H groups in total. The number of aryl methyl sites for hydroxylation is 1. The van der Waals surface area contributed by atoms with Crippen molar-refractivity contribution in [1.29, 1.82) is 0 Å². The SMILES string of the molecule is COc1ccc(NC(=O)C2CC(=O)N(c3ccc(C)c(F)c3)C2)cn1. The highest BCUT2D eigenvalue weighted by Gasteiger charge is 2.35. The van der Waals surface area contributed by atoms with E-state index in [4.69, 9.17) is 4.74 Å². The summed E-state index contributed by atoms with van der Waals surface area (Å²) in [6.45, 7) is 1.88. The van der Waals surface area contributed by atoms with E-state index in [2.05, 4.69) is 10.3 Å². The largest absolute Gasteiger partial charge is 0.481 e. The molecule has 1 atom stereocenters. The normalized spacial score (nSPS) is 16.8. The van der Waals surface area contributed by atoms with Gasteiger partial charge in [-0.3, -0.25) is 9.59 Å². The molecule has 0 saturated carbocycles. The lowest BCUT2D eigenvalue weighted by Gasteiger charge is -2.17. The minimum absolute atomic E-state index is 0.0882. The zero-order chi connectivity index (χ0) is 18.0. The Hall–Kier alpha value is -2.96. The monoisotopic (exact) mass is 343 g/mol. The van der Waals surface area contributed by atoms with Crippen LogP contribution in [0.2, 0.25) is 0 Å². The van der Waals surface area contributed by atoms with E-state index in [1.807, 2.05) is 0 Å². The summed E-state index contributed by atoms with van der Waals surface area (Å²) >= 11 is 0. The fourth-order valence-electron chi connectivity index (χ4n) is 2.70. The number of methoxy groups -OCH3 is 1. The molecule has 1 unspecified atom stereocenters. The third-order valence-corrected chi connectivity index (χ3v) is 4.18. The quantitative estimate of drug-likeness (QED) is 0.926. The van der Waals surface area contributed by atoms with Gasteiger partial charge in [-0.1, -0.05) is 6.07 Å². The fraction of sp³-hybridized carbons (Fsp3) is 0.278. The summed E-state index contributed by atoms with van der Waals surface area (Å²) < 4.78 is 18.7. The van der Waals surface area contributed by atoms with Crippen LogP contribution in [0.25, 0.3) is 0 Å². The van der Waals surface area contributed by atoms with Crippen molar-refractivity contribution in [1.82, 2.24) is 4.98 Å². The Labute approximate surface area is 144 Å². The molecule has 130 valence electrons. The van der Waals surface area contributed by atoms with Crippen molar-refractivity contribution < 1.29 is 18.7 Å². The summed E-state index contributed by atoms with van der Waals surface area (Å²) in [6.07, 6.45) is 1.57. The summed E-state index contributed by atoms with van der Waals surface area (Å²) in [7, 11) is 1.51. The molecule has 2 aromatic rings. The van der Waals surface area contributed by atoms with Crippen LogP contribution in [-0.4, -0.2) is 30.5 Å². The van der Waals surface area contributed by atoms with Gasteiger partial charge in [-0.15, -0.1) is 0 Å². The van der Waals surface area contributed by atoms with Gasteiger partial charge in [0.25, 0.3) is 0 Å². The average Bonchev–Trinajstić information content (AvgIpc) is 3.00. The molecule has 1 fully saturated rings. The Kier molecular flexibility index (Phi) is 4.65. The first-order chi connectivity index (χ1) is 12.0. The molecular formula is C18H18FN3O3. The molecule has 0 radical (unpaired) electrons. The van der Waals surface area contributed by atoms with Crippen molar-refractivity contribution in [3.05, 3.63) is 47.9 Å². The molecule has 0 aliphatic carbocycles. The number of ether oxygens (including phenoxy) is 1. The van der Waals surface area contributed by atoms with E-state index < -0.39 is 5.92 Å². The van der Waals surface area contributed by atoms with Crippen LogP contribution in [0.1, 0.15) is 12.0 Å². The molecule has 7 heteroatoms. The van der Waals surface area contributed by atoms with Gasteiger partial charge in [0.05, 0.1) is 24.9 Å². The second-order valence-electron chi connectivity index (χ2n) is 5.92. The number of pyridine rings is 1. The van der Waals surface area contributed by atoms with E-state index in [1.54, 1.807) is 31.2 Å². The third-order valence-electron chi connectivity index (χ3n) is 4.18. The van der Waals surface area contributed by atoms with Crippen LogP contribution in [0.15, 0.2) is 36.5 Å². The minimum Gasteiger partial charge on any atom is -0.481 e. The van der Waals surface area contributed by atoms with E-state index in [0.29, 0.717) is 22.8 Å². The van der Waals surface area contributed by atoms with Crippen LogP contribution in [0.4, 0.5) is 15.8 Å². The van der Waals surface area contributed by atoms with Crippen LogP contribution in [0, 0.1) is 18.7 Å². The Morgan fingerprint density at radius 2 is 2.16 bits per heavy atom. The molecule has 1 aliphatic heterocycles. The number of hydrogen-bond donors (Lipinski definition) is 1. The number of nitrogens with one attached hydrogen (secondary N) is 1. The number of amides is 2. The van der Waals surface area contributed by atoms with E-state index >= 15 is 0 Å². The number of carbonyl (C=O) groups is 2. The summed E-state index contributed by atoms with van der Waals surface area (Å²) in [5.74, 6) is -0.894. The van der Waals surface area contributed by atoms with E-state index in [-0.39, 0.29) is 30.6 Å². The maximum Gasteiger partial charge on any atom is 0.229 e. The Morgan fingerprint density at radius 1 is 1.36 bits per heavy atom. The van der Waals surface area contributed by atoms with Crippen molar-refractivity contribution in [3.8, 4) is 5.88 Å². The first kappa shape index (κ1) is 16.9. The number of anilines is 2. The average molecular weight is 343 g/mol. The standard InChI is InChI=1S/C18H18FN3O3/c1-11-3-5-14(8-15(11)19)22-10-12(7-17(22)23)18(24)21-13-4-6-16(25-2)20-9-13/h3-6,8-9,12H,7,10H2,1-2H3,(H,21,24). The zero-order valence-corrected chi connectivity index (χ0v) is 14.0. The van der Waals surface area contributed by atoms with E-state index in [9.17, 15) is 14.0 Å². The summed E-state index contributed by atoms with van der Waals surface area (Å²) in [4.78, 5) is 30.1. The molecule has 1 saturated heterocycles. The molecule has 6 nitrogen and oxygen atoms in total. The van der Waals surface area contributed by atoms with E-state index in [0.717, 1.165) is 0 Å². The highest BCUT2D eigenvalue weighted by Crippen LogP contribution is 2.27. The maximum absolute atomic E-state index is 13.7. The molecular weight excluding hydrogens is 325 g/mol. The smallest absolute Gasteiger partial charge is 0.229 e. The van der Waals surface area contributed by atoms with Crippen LogP contribution >= 0.6 is 0 Å². The van der Waals surface area contributed by atoms with Crippen molar-refractivity contribution in [2.24, 2.45) is 5.92 Å². The number of carbonyl (C=O) groups excluding carboxylic acids is 2. The van der Waals surface area contributed by atoms with Gasteiger partial charge < -0.3 is 15.0 Å². The first-order valence-corrected chi connectivity index (χ1v) is 7.85. The van der Waals surface area contributed by atoms with Crippen LogP contribution in [0.5, 0.6) is 5.88 Å². The lowest BCUT2D eigenvalue weighted by atomic mass is 10.1. The number of rotatable bonds is 4. The van der Waals surface area contributed by atoms with Crippen molar-refractivity contribution in [2.45, 2.75) is 13.3 Å². The number of benzene rings is 1. The number of nitrogens with zero attached hydrogens (tertiary/aromatic N) is 2. The van der Waals surface area contributed by atoms with Crippen LogP contribution in [0.3, 0.4) is 0 Å². The molecule has 0 spiro atoms. The predicted molar refractivity (Wildman–Crippen MR) is 91.0 cm³/mol. The van der Waals surface area contributed by atoms with Crippen molar-refractivity contribution in [3.63, 3.8) is 0 Å². The summed E-state index contributed by atoms with van der Waals surface area (Å²) in [6, 6.07) is 7.93. The summed E-state index contributed by atoms with van der Waals surface area (Å²) in [5, 5.41) is 2.74. The topological polar surface area (TPSA) is 71.5 Å². The van der Waals surface area contributed by atoms with Crippen molar-refractivity contribution in [2.75, 3.05) is 23.9 Å². The van der Waals surface area contributed by atoms with Gasteiger partial charge >= 0.3 is 0 Å². The molecule has 3 rings (SSSR count). The van der Waals surface area contributed by atoms with Gasteiger partial charge in [-0.05, 0) is 30.7 Å². The van der Waals surface area contributed by atoms with Gasteiger partial charge in [-0.2, -0.15) is 0 Å². The zero-order valence-electron chi connectivity index (χ0n) is 14.0. The van der Waals surface area contributed by atoms with Gasteiger partial charge in [-0.25, -0.2) is 9.37 Å². The highest BCUT2D eigenvalue weighted by atomic mass is 19.1. The molecule has 2 heterocycles. The summed E-state index contributed by atoms with van der Waals surface area (Å²) in [5.41, 5.74) is 1.50. The fourth-order valence-corrected chi connectivity index (χ4v) is 2.70. The molecule has 0 bridgehead atoms. The van der Waals surface area contributed by atoms with Gasteiger partial charge in [0.2, 0.25) is 17.7 Å². The Bertz CT molecular complexity index is 808. The predicted octanol–water partition coefficient (Wildman–Crippen LogP) is 2.53. The number of halogens is 1. The van der Waals surface area contributed by atoms with Crippen molar-refractivity contribution >= 4 is 23.2 Å². The Morgan fingerprint density at radius 3 is 2.80 bits per heavy atom. The van der Waals surface area contributed by atoms with Gasteiger partial charge in [0.15, 0.2) is 0 Å². The minimum atomic E-state index is -0.501. The van der Waals surface area contributed by atoms with Gasteiger partial charge in [0, 0.05) is 24.7 Å². The number of hydrogen-bond acceptors (Lipinski definition) is 4. The first-order valence-electron chi connectivity index (χ1n) is 7.85. The molecule has 1 aromatic heterocycles. The van der Waals surface area contributed by atoms with E-state index in [1.165, 1.54) is 24.3 Å². The molecule has 25 heavy (non-hydrogen) atoms. The second kappa shape index (κ2) is 6.88. The number of aromatic nitrogens is 1. The molecule has 1 aliphatic rings. The van der Waals surface area contributed by atoms with Crippen LogP contribution < -0.4 is 15.0 Å². The second-order valence-corrected chi connectivity index (χ2v) is 5.92. The van der Waals surface area contributed by atoms with Crippen LogP contribution in [-0.2, 0) is 9.59 Å². The lowest BCUT2D eigenvalue weighted by molar-refractivity contribution is -0.122. The molecule has 1 aromatic carbocycles. The van der Waals surface area contributed by atoms with Gasteiger partial charge in [0.1, 0.15) is 5.82 Å². The Balaban J connectivity index is 1.68. The molecule has 2 amide bonds.